The summed E-state index contributed by atoms with van der Waals surface area (Å²) in [4.78, 5) is 11.6. The van der Waals surface area contributed by atoms with Crippen molar-refractivity contribution in [2.75, 3.05) is 85.7 Å². The predicted octanol–water partition coefficient (Wildman–Crippen LogP) is 26.9. The van der Waals surface area contributed by atoms with Gasteiger partial charge in [0.25, 0.3) is 0 Å². The van der Waals surface area contributed by atoms with Crippen LogP contribution in [0.5, 0.6) is 11.5 Å². The number of hydrogen-bond acceptors (Lipinski definition) is 11. The molecule has 566 valence electrons. The van der Waals surface area contributed by atoms with Crippen molar-refractivity contribution in [1.29, 1.82) is 0 Å². The maximum absolute atomic E-state index is 6.52. The van der Waals surface area contributed by atoms with Crippen LogP contribution in [-0.2, 0) is 36.2 Å². The molecule has 0 aliphatic carbocycles. The van der Waals surface area contributed by atoms with E-state index in [2.05, 4.69) is 390 Å². The number of benzene rings is 12. The summed E-state index contributed by atoms with van der Waals surface area (Å²) in [5, 5.41) is 0. The Hall–Kier alpha value is -11.0. The van der Waals surface area contributed by atoms with Gasteiger partial charge in [-0.1, -0.05) is 231 Å². The van der Waals surface area contributed by atoms with Crippen LogP contribution < -0.4 is 29.1 Å². The number of thiophene rings is 1. The molecular formula is C100H104N4O6S. The highest BCUT2D eigenvalue weighted by Gasteiger charge is 2.34. The van der Waals surface area contributed by atoms with E-state index < -0.39 is 0 Å². The van der Waals surface area contributed by atoms with E-state index in [0.717, 1.165) is 152 Å². The van der Waals surface area contributed by atoms with Crippen molar-refractivity contribution < 1.29 is 28.4 Å². The molecule has 0 atom stereocenters. The van der Waals surface area contributed by atoms with Crippen LogP contribution in [0.2, 0.25) is 0 Å². The molecule has 0 spiro atoms. The zero-order valence-electron chi connectivity index (χ0n) is 65.4. The van der Waals surface area contributed by atoms with Gasteiger partial charge in [-0.25, -0.2) is 0 Å². The summed E-state index contributed by atoms with van der Waals surface area (Å²) in [6.07, 6.45) is 5.17. The minimum Gasteiger partial charge on any atom is -0.486 e. The molecule has 12 aromatic carbocycles. The van der Waals surface area contributed by atoms with Gasteiger partial charge in [-0.05, 0) is 210 Å². The fraction of sp³-hybridized carbons (Fsp3) is 0.240. The van der Waals surface area contributed by atoms with Crippen LogP contribution in [0.1, 0.15) is 89.5 Å². The lowest BCUT2D eigenvalue weighted by Gasteiger charge is -2.27. The number of hydrogen-bond donors (Lipinski definition) is 0. The fourth-order valence-corrected chi connectivity index (χ4v) is 15.1. The first kappa shape index (κ1) is 78.1. The normalized spacial score (nSPS) is 11.5. The fourth-order valence-electron chi connectivity index (χ4n) is 13.8. The van der Waals surface area contributed by atoms with Crippen molar-refractivity contribution in [2.45, 2.75) is 91.4 Å². The Kier molecular flexibility index (Phi) is 27.1. The summed E-state index contributed by atoms with van der Waals surface area (Å²) in [6.45, 7) is 21.0. The SMILES string of the molecule is CCCCOCCOCCOc1c(C(C)(C)C)sc(C(C)(C)C)c1OCCOCCOCCCCc1ccc(N(c2ccccc2)c2ccc(-c3ccc(N(c4ccccc4)c4ccc(-c5ccc(N(c6ccccc6)c6ccc(-c7ccc(N(c8ccccc8)c8ccccc8)cc7)cc6)cc5)cc4)cc3)cc2)cc1. The van der Waals surface area contributed by atoms with Gasteiger partial charge >= 0.3 is 0 Å². The number of unbranched alkanes of at least 4 members (excludes halogenated alkanes) is 2. The molecule has 0 radical (unpaired) electrons. The van der Waals surface area contributed by atoms with E-state index in [1.165, 1.54) is 15.3 Å². The van der Waals surface area contributed by atoms with Gasteiger partial charge in [0, 0.05) is 92.3 Å². The number of aryl methyl sites for hydroxylation is 1. The number of anilines is 12. The van der Waals surface area contributed by atoms with Crippen LogP contribution in [0.3, 0.4) is 0 Å². The molecule has 10 nitrogen and oxygen atoms in total. The van der Waals surface area contributed by atoms with E-state index in [4.69, 9.17) is 28.4 Å². The van der Waals surface area contributed by atoms with Crippen LogP contribution in [0, 0.1) is 0 Å². The largest absolute Gasteiger partial charge is 0.486 e. The molecule has 1 heterocycles. The molecule has 13 rings (SSSR count). The average Bonchev–Trinajstić information content (AvgIpc) is 1.27. The molecule has 0 unspecified atom stereocenters. The van der Waals surface area contributed by atoms with Crippen molar-refractivity contribution >= 4 is 79.6 Å². The van der Waals surface area contributed by atoms with Gasteiger partial charge in [-0.2, -0.15) is 0 Å². The molecule has 1 aromatic heterocycles. The predicted molar refractivity (Wildman–Crippen MR) is 465 cm³/mol. The highest BCUT2D eigenvalue weighted by Crippen LogP contribution is 2.52. The van der Waals surface area contributed by atoms with Gasteiger partial charge in [0.15, 0.2) is 11.5 Å². The monoisotopic (exact) mass is 1490 g/mol. The zero-order valence-corrected chi connectivity index (χ0v) is 66.2. The lowest BCUT2D eigenvalue weighted by atomic mass is 9.91. The molecule has 13 aromatic rings. The van der Waals surface area contributed by atoms with E-state index in [1.54, 1.807) is 11.3 Å². The van der Waals surface area contributed by atoms with Gasteiger partial charge in [0.05, 0.1) is 49.4 Å². The van der Waals surface area contributed by atoms with Crippen molar-refractivity contribution in [3.63, 3.8) is 0 Å². The Morgan fingerprint density at radius 1 is 0.234 bits per heavy atom. The van der Waals surface area contributed by atoms with Crippen molar-refractivity contribution in [3.05, 3.63) is 337 Å². The van der Waals surface area contributed by atoms with Crippen molar-refractivity contribution in [1.82, 2.24) is 0 Å². The van der Waals surface area contributed by atoms with Crippen molar-refractivity contribution in [3.8, 4) is 44.9 Å². The van der Waals surface area contributed by atoms with E-state index in [-0.39, 0.29) is 10.8 Å². The van der Waals surface area contributed by atoms with Crippen molar-refractivity contribution in [2.24, 2.45) is 0 Å². The Morgan fingerprint density at radius 2 is 0.450 bits per heavy atom. The lowest BCUT2D eigenvalue weighted by molar-refractivity contribution is 0.0321. The van der Waals surface area contributed by atoms with Gasteiger partial charge < -0.3 is 48.0 Å². The number of para-hydroxylation sites is 5. The molecule has 0 aliphatic heterocycles. The molecule has 0 saturated carbocycles. The molecule has 0 amide bonds. The van der Waals surface area contributed by atoms with Crippen LogP contribution in [0.25, 0.3) is 33.4 Å². The summed E-state index contributed by atoms with van der Waals surface area (Å²) in [6, 6.07) is 115. The van der Waals surface area contributed by atoms with Gasteiger partial charge in [0.1, 0.15) is 13.2 Å². The van der Waals surface area contributed by atoms with Crippen LogP contribution in [0.4, 0.5) is 68.2 Å². The molecular weight excluding hydrogens is 1390 g/mol. The Balaban J connectivity index is 0.600. The summed E-state index contributed by atoms with van der Waals surface area (Å²) >= 11 is 1.78. The smallest absolute Gasteiger partial charge is 0.176 e. The van der Waals surface area contributed by atoms with E-state index in [9.17, 15) is 0 Å². The molecule has 111 heavy (non-hydrogen) atoms. The minimum absolute atomic E-state index is 0.110. The van der Waals surface area contributed by atoms with Crippen LogP contribution in [0.15, 0.2) is 322 Å². The van der Waals surface area contributed by atoms with Gasteiger partial charge in [0.2, 0.25) is 0 Å². The second-order valence-corrected chi connectivity index (χ2v) is 30.9. The summed E-state index contributed by atoms with van der Waals surface area (Å²) in [5.74, 6) is 1.64. The number of ether oxygens (including phenoxy) is 6. The summed E-state index contributed by atoms with van der Waals surface area (Å²) in [5.41, 5.74) is 21.1. The third-order valence-corrected chi connectivity index (χ3v) is 21.5. The minimum atomic E-state index is -0.115. The third-order valence-electron chi connectivity index (χ3n) is 19.5. The molecule has 11 heteroatoms. The lowest BCUT2D eigenvalue weighted by Crippen LogP contribution is -2.16. The number of nitrogens with zero attached hydrogens (tertiary/aromatic N) is 4. The average molecular weight is 1490 g/mol. The molecule has 0 bridgehead atoms. The topological polar surface area (TPSA) is 68.3 Å². The second-order valence-electron chi connectivity index (χ2n) is 29.8. The second kappa shape index (κ2) is 38.6. The van der Waals surface area contributed by atoms with Gasteiger partial charge in [-0.15, -0.1) is 11.3 Å². The highest BCUT2D eigenvalue weighted by molar-refractivity contribution is 7.13. The van der Waals surface area contributed by atoms with Crippen LogP contribution in [-0.4, -0.2) is 66.1 Å². The molecule has 0 aliphatic rings. The Morgan fingerprint density at radius 3 is 0.694 bits per heavy atom. The Bertz CT molecular complexity index is 4860. The number of rotatable bonds is 37. The molecule has 0 fully saturated rings. The summed E-state index contributed by atoms with van der Waals surface area (Å²) < 4.78 is 36.5. The standard InChI is InChI=1S/C100H104N4O6S/c1-8-9-66-105-68-70-107-72-74-109-95-96(98(100(5,6)7)111-97(95)99(2,3)4)110-75-73-108-71-69-106-67-26-25-27-76-38-52-88(53-39-76)102(85-32-19-12-20-33-85)90-56-42-78(43-57-90)80-46-60-92(61-47-80)104(87-36-23-14-24-37-87)94-64-50-82(51-65-94)81-48-62-93(63-49-81)103(86-34-21-13-22-35-86)91-58-44-79(45-59-91)77-40-54-89(55-41-77)101(83-28-15-10-16-29-83)84-30-17-11-18-31-84/h10-24,28-65H,8-9,25-27,66-75H2,1-7H3. The van der Waals surface area contributed by atoms with Gasteiger partial charge in [-0.3, -0.25) is 0 Å². The first-order chi connectivity index (χ1) is 54.3. The zero-order chi connectivity index (χ0) is 76.6. The van der Waals surface area contributed by atoms with E-state index >= 15 is 0 Å². The first-order valence-electron chi connectivity index (χ1n) is 39.3. The third kappa shape index (κ3) is 20.7. The summed E-state index contributed by atoms with van der Waals surface area (Å²) in [7, 11) is 0. The Labute approximate surface area is 662 Å². The first-order valence-corrected chi connectivity index (χ1v) is 40.1. The quantitative estimate of drug-likeness (QED) is 0.0352. The maximum atomic E-state index is 6.52. The van der Waals surface area contributed by atoms with Crippen LogP contribution >= 0.6 is 11.3 Å². The maximum Gasteiger partial charge on any atom is 0.176 e. The highest BCUT2D eigenvalue weighted by atomic mass is 32.1. The van der Waals surface area contributed by atoms with E-state index in [1.807, 2.05) is 0 Å². The molecule has 0 N–H and O–H groups in total. The van der Waals surface area contributed by atoms with E-state index in [0.29, 0.717) is 59.5 Å². The molecule has 0 saturated heterocycles.